The Kier molecular flexibility index (Phi) is 11.0. The first kappa shape index (κ1) is 31.0. The molecule has 40 heavy (non-hydrogen) atoms. The fourth-order valence-corrected chi connectivity index (χ4v) is 5.52. The molecule has 0 saturated carbocycles. The SMILES string of the molecule is CC(C)(C(=O)O)c1ccc(C(O)CCCN2CCC(C(O)(c3ccccc3)c3ccccc3)CC2)cc1.O=CO. The topological polar surface area (TPSA) is 118 Å². The van der Waals surface area contributed by atoms with Crippen molar-refractivity contribution in [3.8, 4) is 0 Å². The number of nitrogens with zero attached hydrogens (tertiary/aromatic N) is 1. The number of carbonyl (C=O) groups is 2. The van der Waals surface area contributed by atoms with Gasteiger partial charge in [-0.2, -0.15) is 0 Å². The quantitative estimate of drug-likeness (QED) is 0.257. The highest BCUT2D eigenvalue weighted by molar-refractivity contribution is 5.80. The number of carboxylic acid groups (broad SMARTS) is 2. The van der Waals surface area contributed by atoms with Crippen LogP contribution >= 0.6 is 0 Å². The van der Waals surface area contributed by atoms with Crippen LogP contribution in [-0.4, -0.2) is 57.4 Å². The zero-order chi connectivity index (χ0) is 29.2. The second kappa shape index (κ2) is 14.2. The summed E-state index contributed by atoms with van der Waals surface area (Å²) in [6, 6.07) is 27.3. The van der Waals surface area contributed by atoms with Gasteiger partial charge in [-0.3, -0.25) is 9.59 Å². The van der Waals surface area contributed by atoms with Crippen molar-refractivity contribution in [1.29, 1.82) is 0 Å². The van der Waals surface area contributed by atoms with Crippen molar-refractivity contribution >= 4 is 12.4 Å². The van der Waals surface area contributed by atoms with E-state index in [1.807, 2.05) is 72.8 Å². The van der Waals surface area contributed by atoms with Gasteiger partial charge in [0.2, 0.25) is 0 Å². The molecule has 0 aromatic heterocycles. The summed E-state index contributed by atoms with van der Waals surface area (Å²) in [5.74, 6) is -0.733. The van der Waals surface area contributed by atoms with Gasteiger partial charge in [0.25, 0.3) is 6.47 Å². The van der Waals surface area contributed by atoms with Crippen LogP contribution in [0.4, 0.5) is 0 Å². The van der Waals surface area contributed by atoms with Gasteiger partial charge in [0.1, 0.15) is 5.60 Å². The number of rotatable bonds is 10. The van der Waals surface area contributed by atoms with Gasteiger partial charge in [0.15, 0.2) is 0 Å². The molecular formula is C33H41NO6. The Morgan fingerprint density at radius 2 is 1.38 bits per heavy atom. The van der Waals surface area contributed by atoms with Crippen molar-refractivity contribution in [2.45, 2.75) is 56.7 Å². The monoisotopic (exact) mass is 547 g/mol. The molecule has 1 unspecified atom stereocenters. The van der Waals surface area contributed by atoms with E-state index in [1.165, 1.54) is 0 Å². The first-order chi connectivity index (χ1) is 19.1. The van der Waals surface area contributed by atoms with Crippen LogP contribution in [0.1, 0.15) is 67.9 Å². The van der Waals surface area contributed by atoms with Gasteiger partial charge in [0, 0.05) is 0 Å². The van der Waals surface area contributed by atoms with E-state index >= 15 is 0 Å². The van der Waals surface area contributed by atoms with Gasteiger partial charge >= 0.3 is 5.97 Å². The average Bonchev–Trinajstić information content (AvgIpc) is 2.98. The minimum absolute atomic E-state index is 0.132. The fraction of sp³-hybridized carbons (Fsp3) is 0.394. The van der Waals surface area contributed by atoms with E-state index in [2.05, 4.69) is 4.90 Å². The summed E-state index contributed by atoms with van der Waals surface area (Å²) in [5.41, 5.74) is 1.47. The zero-order valence-electron chi connectivity index (χ0n) is 23.3. The summed E-state index contributed by atoms with van der Waals surface area (Å²) in [4.78, 5) is 22.3. The Morgan fingerprint density at radius 3 is 1.82 bits per heavy atom. The predicted molar refractivity (Wildman–Crippen MR) is 155 cm³/mol. The lowest BCUT2D eigenvalue weighted by molar-refractivity contribution is -0.142. The Morgan fingerprint density at radius 1 is 0.900 bits per heavy atom. The number of aliphatic carboxylic acids is 1. The zero-order valence-corrected chi connectivity index (χ0v) is 23.3. The fourth-order valence-electron chi connectivity index (χ4n) is 5.52. The largest absolute Gasteiger partial charge is 0.483 e. The number of hydrogen-bond donors (Lipinski definition) is 4. The normalized spacial score (nSPS) is 15.5. The number of likely N-dealkylation sites (tertiary alicyclic amines) is 1. The molecule has 0 radical (unpaired) electrons. The molecule has 7 heteroatoms. The third kappa shape index (κ3) is 7.36. The number of aliphatic hydroxyl groups excluding tert-OH is 1. The highest BCUT2D eigenvalue weighted by Crippen LogP contribution is 2.42. The lowest BCUT2D eigenvalue weighted by Crippen LogP contribution is -2.44. The third-order valence-corrected chi connectivity index (χ3v) is 8.11. The first-order valence-electron chi connectivity index (χ1n) is 13.8. The van der Waals surface area contributed by atoms with E-state index < -0.39 is 23.1 Å². The highest BCUT2D eigenvalue weighted by Gasteiger charge is 2.41. The molecule has 3 aromatic rings. The van der Waals surface area contributed by atoms with Gasteiger partial charge < -0.3 is 25.3 Å². The van der Waals surface area contributed by atoms with Crippen LogP contribution in [0.25, 0.3) is 0 Å². The summed E-state index contributed by atoms with van der Waals surface area (Å²) in [5, 5.41) is 39.1. The Balaban J connectivity index is 0.00000141. The average molecular weight is 548 g/mol. The molecule has 3 aromatic carbocycles. The number of piperidine rings is 1. The highest BCUT2D eigenvalue weighted by atomic mass is 16.4. The van der Waals surface area contributed by atoms with Crippen LogP contribution in [0.3, 0.4) is 0 Å². The van der Waals surface area contributed by atoms with Gasteiger partial charge in [-0.25, -0.2) is 0 Å². The maximum atomic E-state index is 12.1. The molecule has 0 spiro atoms. The minimum atomic E-state index is -1.01. The number of carboxylic acids is 1. The minimum Gasteiger partial charge on any atom is -0.483 e. The third-order valence-electron chi connectivity index (χ3n) is 8.11. The van der Waals surface area contributed by atoms with Crippen LogP contribution in [0, 0.1) is 5.92 Å². The summed E-state index contributed by atoms with van der Waals surface area (Å²) in [6.45, 7) is 5.86. The van der Waals surface area contributed by atoms with Gasteiger partial charge in [0.05, 0.1) is 11.5 Å². The molecule has 0 bridgehead atoms. The second-order valence-corrected chi connectivity index (χ2v) is 10.9. The maximum Gasteiger partial charge on any atom is 0.313 e. The predicted octanol–water partition coefficient (Wildman–Crippen LogP) is 5.21. The molecule has 1 atom stereocenters. The van der Waals surface area contributed by atoms with Gasteiger partial charge in [-0.05, 0) is 87.3 Å². The van der Waals surface area contributed by atoms with Crippen molar-refractivity contribution in [2.75, 3.05) is 19.6 Å². The molecule has 1 heterocycles. The molecule has 1 saturated heterocycles. The van der Waals surface area contributed by atoms with Gasteiger partial charge in [-0.1, -0.05) is 84.9 Å². The Bertz CT molecular complexity index is 1150. The van der Waals surface area contributed by atoms with Crippen molar-refractivity contribution in [2.24, 2.45) is 5.92 Å². The molecule has 0 aliphatic carbocycles. The van der Waals surface area contributed by atoms with E-state index in [-0.39, 0.29) is 12.4 Å². The van der Waals surface area contributed by atoms with E-state index in [1.54, 1.807) is 26.0 Å². The van der Waals surface area contributed by atoms with Crippen molar-refractivity contribution in [3.63, 3.8) is 0 Å². The van der Waals surface area contributed by atoms with Crippen LogP contribution in [-0.2, 0) is 20.6 Å². The van der Waals surface area contributed by atoms with E-state index in [9.17, 15) is 20.1 Å². The van der Waals surface area contributed by atoms with Crippen molar-refractivity contribution in [1.82, 2.24) is 4.90 Å². The standard InChI is InChI=1S/C32H39NO4.CH2O2/c1-31(2,30(35)36)25-17-15-24(16-18-25)29(34)14-9-21-33-22-19-28(20-23-33)32(37,26-10-5-3-6-11-26)27-12-7-4-8-13-27;2-1-3/h3-8,10-13,15-18,28-29,34,37H,9,14,19-23H2,1-2H3,(H,35,36);1H,(H,2,3). The summed E-state index contributed by atoms with van der Waals surface area (Å²) in [6.07, 6.45) is 2.77. The summed E-state index contributed by atoms with van der Waals surface area (Å²) in [7, 11) is 0. The van der Waals surface area contributed by atoms with Crippen LogP contribution in [0.5, 0.6) is 0 Å². The maximum absolute atomic E-state index is 12.1. The lowest BCUT2D eigenvalue weighted by Gasteiger charge is -2.42. The lowest BCUT2D eigenvalue weighted by atomic mass is 9.72. The molecule has 1 aliphatic rings. The van der Waals surface area contributed by atoms with E-state index in [0.29, 0.717) is 6.42 Å². The first-order valence-corrected chi connectivity index (χ1v) is 13.8. The molecule has 4 N–H and O–H groups in total. The van der Waals surface area contributed by atoms with Crippen LogP contribution < -0.4 is 0 Å². The van der Waals surface area contributed by atoms with Crippen LogP contribution in [0.2, 0.25) is 0 Å². The molecule has 7 nitrogen and oxygen atoms in total. The number of benzene rings is 3. The Labute approximate surface area is 236 Å². The molecule has 1 aliphatic heterocycles. The molecule has 214 valence electrons. The number of aliphatic hydroxyl groups is 2. The summed E-state index contributed by atoms with van der Waals surface area (Å²) >= 11 is 0. The van der Waals surface area contributed by atoms with Crippen LogP contribution in [0.15, 0.2) is 84.9 Å². The van der Waals surface area contributed by atoms with Crippen molar-refractivity contribution in [3.05, 3.63) is 107 Å². The molecule has 1 fully saturated rings. The van der Waals surface area contributed by atoms with Crippen molar-refractivity contribution < 1.29 is 30.0 Å². The second-order valence-electron chi connectivity index (χ2n) is 10.9. The number of hydrogen-bond acceptors (Lipinski definition) is 5. The Hall–Kier alpha value is -3.52. The van der Waals surface area contributed by atoms with E-state index in [0.717, 1.165) is 61.2 Å². The summed E-state index contributed by atoms with van der Waals surface area (Å²) < 4.78 is 0. The molecular weight excluding hydrogens is 506 g/mol. The smallest absolute Gasteiger partial charge is 0.313 e. The van der Waals surface area contributed by atoms with E-state index in [4.69, 9.17) is 9.90 Å². The van der Waals surface area contributed by atoms with Gasteiger partial charge in [-0.15, -0.1) is 0 Å². The molecule has 4 rings (SSSR count). The molecule has 0 amide bonds.